The minimum absolute atomic E-state index is 0.0679. The molecule has 0 N–H and O–H groups in total. The second kappa shape index (κ2) is 9.18. The Bertz CT molecular complexity index is 1120. The highest BCUT2D eigenvalue weighted by molar-refractivity contribution is 5.97. The van der Waals surface area contributed by atoms with Gasteiger partial charge < -0.3 is 19.0 Å². The number of rotatable bonds is 5. The van der Waals surface area contributed by atoms with Crippen molar-refractivity contribution in [2.75, 3.05) is 38.2 Å². The number of piperazine rings is 1. The summed E-state index contributed by atoms with van der Waals surface area (Å²) < 4.78 is 11.2. The minimum atomic E-state index is -0.0679. The molecule has 1 aliphatic rings. The van der Waals surface area contributed by atoms with Gasteiger partial charge in [-0.2, -0.15) is 10.2 Å². The predicted octanol–water partition coefficient (Wildman–Crippen LogP) is 3.69. The Hall–Kier alpha value is -4.05. The number of methoxy groups -OCH3 is 1. The van der Waals surface area contributed by atoms with Gasteiger partial charge >= 0.3 is 0 Å². The second-order valence-corrected chi connectivity index (χ2v) is 7.04. The molecule has 4 rings (SSSR count). The van der Waals surface area contributed by atoms with Gasteiger partial charge in [-0.1, -0.05) is 42.5 Å². The molecule has 1 aliphatic heterocycles. The summed E-state index contributed by atoms with van der Waals surface area (Å²) in [6.07, 6.45) is 3.64. The molecule has 1 aromatic heterocycles. The number of aromatic nitrogens is 1. The highest BCUT2D eigenvalue weighted by Crippen LogP contribution is 2.25. The van der Waals surface area contributed by atoms with E-state index >= 15 is 0 Å². The van der Waals surface area contributed by atoms with Crippen LogP contribution in [0.2, 0.25) is 0 Å². The lowest BCUT2D eigenvalue weighted by molar-refractivity contribution is 0.0742. The predicted molar refractivity (Wildman–Crippen MR) is 118 cm³/mol. The van der Waals surface area contributed by atoms with E-state index in [1.54, 1.807) is 30.2 Å². The fourth-order valence-electron chi connectivity index (χ4n) is 3.52. The highest BCUT2D eigenvalue weighted by atomic mass is 16.5. The van der Waals surface area contributed by atoms with E-state index < -0.39 is 0 Å². The molecule has 0 radical (unpaired) electrons. The lowest BCUT2D eigenvalue weighted by Gasteiger charge is -2.34. The molecule has 3 aromatic rings. The summed E-state index contributed by atoms with van der Waals surface area (Å²) >= 11 is 0. The topological polar surface area (TPSA) is 82.6 Å². The van der Waals surface area contributed by atoms with Crippen molar-refractivity contribution < 1.29 is 13.9 Å². The number of carbonyl (C=O) groups is 1. The van der Waals surface area contributed by atoms with E-state index in [1.807, 2.05) is 53.4 Å². The van der Waals surface area contributed by atoms with E-state index in [2.05, 4.69) is 11.1 Å². The molecule has 0 atom stereocenters. The lowest BCUT2D eigenvalue weighted by Crippen LogP contribution is -2.49. The molecule has 7 heteroatoms. The van der Waals surface area contributed by atoms with Crippen LogP contribution in [0.15, 0.2) is 59.0 Å². The van der Waals surface area contributed by atoms with E-state index in [1.165, 1.54) is 0 Å². The normalized spacial score (nSPS) is 13.9. The van der Waals surface area contributed by atoms with Crippen molar-refractivity contribution >= 4 is 23.9 Å². The summed E-state index contributed by atoms with van der Waals surface area (Å²) in [5.74, 6) is 1.32. The third kappa shape index (κ3) is 4.43. The van der Waals surface area contributed by atoms with Gasteiger partial charge in [0.1, 0.15) is 11.8 Å². The molecule has 1 fully saturated rings. The average molecular weight is 414 g/mol. The molecule has 1 saturated heterocycles. The number of anilines is 1. The second-order valence-electron chi connectivity index (χ2n) is 7.04. The van der Waals surface area contributed by atoms with Crippen molar-refractivity contribution in [1.29, 1.82) is 5.26 Å². The largest absolute Gasteiger partial charge is 0.496 e. The molecular formula is C24H22N4O3. The molecule has 7 nitrogen and oxygen atoms in total. The van der Waals surface area contributed by atoms with E-state index in [4.69, 9.17) is 9.15 Å². The van der Waals surface area contributed by atoms with Gasteiger partial charge in [0.25, 0.3) is 5.91 Å². The smallest absolute Gasteiger partial charge is 0.257 e. The molecule has 2 aromatic carbocycles. The molecule has 0 bridgehead atoms. The van der Waals surface area contributed by atoms with E-state index in [-0.39, 0.29) is 11.6 Å². The van der Waals surface area contributed by atoms with Crippen LogP contribution in [0, 0.1) is 11.3 Å². The molecule has 0 aliphatic carbocycles. The summed E-state index contributed by atoms with van der Waals surface area (Å²) in [5, 5.41) is 9.49. The van der Waals surface area contributed by atoms with Gasteiger partial charge in [-0.15, -0.1) is 0 Å². The highest BCUT2D eigenvalue weighted by Gasteiger charge is 2.27. The fourth-order valence-corrected chi connectivity index (χ4v) is 3.52. The molecule has 2 heterocycles. The average Bonchev–Trinajstić information content (AvgIpc) is 3.26. The van der Waals surface area contributed by atoms with Crippen LogP contribution >= 0.6 is 0 Å². The number of nitriles is 1. The van der Waals surface area contributed by atoms with Crippen molar-refractivity contribution in [1.82, 2.24) is 9.88 Å². The number of hydrogen-bond acceptors (Lipinski definition) is 6. The van der Waals surface area contributed by atoms with Gasteiger partial charge in [-0.3, -0.25) is 4.79 Å². The van der Waals surface area contributed by atoms with Crippen LogP contribution in [-0.2, 0) is 0 Å². The number of oxazole rings is 1. The summed E-state index contributed by atoms with van der Waals surface area (Å²) in [6, 6.07) is 19.1. The first-order valence-corrected chi connectivity index (χ1v) is 10.0. The molecule has 156 valence electrons. The Labute approximate surface area is 180 Å². The number of carbonyl (C=O) groups excluding carboxylic acids is 1. The van der Waals surface area contributed by atoms with Gasteiger partial charge in [-0.05, 0) is 23.8 Å². The Balaban J connectivity index is 1.45. The Kier molecular flexibility index (Phi) is 5.99. The van der Waals surface area contributed by atoms with Crippen molar-refractivity contribution in [3.8, 4) is 11.8 Å². The number of ether oxygens (including phenoxy) is 1. The zero-order valence-electron chi connectivity index (χ0n) is 17.2. The number of para-hydroxylation sites is 1. The first-order valence-electron chi connectivity index (χ1n) is 10.0. The van der Waals surface area contributed by atoms with Gasteiger partial charge in [-0.25, -0.2) is 0 Å². The molecular weight excluding hydrogens is 392 g/mol. The fraction of sp³-hybridized carbons (Fsp3) is 0.208. The first kappa shape index (κ1) is 20.2. The van der Waals surface area contributed by atoms with Gasteiger partial charge in [0.2, 0.25) is 17.5 Å². The zero-order chi connectivity index (χ0) is 21.6. The molecule has 31 heavy (non-hydrogen) atoms. The van der Waals surface area contributed by atoms with Gasteiger partial charge in [0.15, 0.2) is 0 Å². The number of hydrogen-bond donors (Lipinski definition) is 0. The third-order valence-corrected chi connectivity index (χ3v) is 5.14. The maximum atomic E-state index is 12.9. The SMILES string of the molecule is COc1ccccc1C(=O)N1CCN(c2oc(C=Cc3ccccc3)nc2C#N)CC1. The van der Waals surface area contributed by atoms with Crippen molar-refractivity contribution in [3.05, 3.63) is 77.3 Å². The zero-order valence-corrected chi connectivity index (χ0v) is 17.2. The Morgan fingerprint density at radius 1 is 1.06 bits per heavy atom. The van der Waals surface area contributed by atoms with E-state index in [0.29, 0.717) is 49.3 Å². The maximum Gasteiger partial charge on any atom is 0.257 e. The number of nitrogens with zero attached hydrogens (tertiary/aromatic N) is 4. The standard InChI is InChI=1S/C24H22N4O3/c1-30-21-10-6-5-9-19(21)23(29)27-13-15-28(16-14-27)24-20(17-25)26-22(31-24)12-11-18-7-3-2-4-8-18/h2-12H,13-16H2,1H3. The summed E-state index contributed by atoms with van der Waals surface area (Å²) in [7, 11) is 1.56. The Morgan fingerprint density at radius 3 is 2.48 bits per heavy atom. The maximum absolute atomic E-state index is 12.9. The Morgan fingerprint density at radius 2 is 1.77 bits per heavy atom. The van der Waals surface area contributed by atoms with Crippen molar-refractivity contribution in [2.45, 2.75) is 0 Å². The monoisotopic (exact) mass is 414 g/mol. The van der Waals surface area contributed by atoms with Crippen LogP contribution in [0.4, 0.5) is 5.88 Å². The molecule has 0 spiro atoms. The van der Waals surface area contributed by atoms with Crippen LogP contribution in [0.5, 0.6) is 5.75 Å². The molecule has 0 unspecified atom stereocenters. The molecule has 1 amide bonds. The summed E-state index contributed by atoms with van der Waals surface area (Å²) in [6.45, 7) is 2.12. The molecule has 0 saturated carbocycles. The first-order chi connectivity index (χ1) is 15.2. The quantitative estimate of drug-likeness (QED) is 0.633. The third-order valence-electron chi connectivity index (χ3n) is 5.14. The van der Waals surface area contributed by atoms with E-state index in [0.717, 1.165) is 5.56 Å². The van der Waals surface area contributed by atoms with Crippen LogP contribution in [0.1, 0.15) is 27.5 Å². The lowest BCUT2D eigenvalue weighted by atomic mass is 10.1. The number of benzene rings is 2. The minimum Gasteiger partial charge on any atom is -0.496 e. The summed E-state index contributed by atoms with van der Waals surface area (Å²) in [5.41, 5.74) is 1.81. The number of amides is 1. The van der Waals surface area contributed by atoms with E-state index in [9.17, 15) is 10.1 Å². The van der Waals surface area contributed by atoms with Crippen LogP contribution in [0.25, 0.3) is 12.2 Å². The van der Waals surface area contributed by atoms with Crippen molar-refractivity contribution in [3.63, 3.8) is 0 Å². The van der Waals surface area contributed by atoms with Crippen LogP contribution < -0.4 is 9.64 Å². The van der Waals surface area contributed by atoms with Gasteiger partial charge in [0.05, 0.1) is 12.7 Å². The van der Waals surface area contributed by atoms with Gasteiger partial charge in [0, 0.05) is 32.3 Å². The van der Waals surface area contributed by atoms with Crippen LogP contribution in [-0.4, -0.2) is 49.1 Å². The van der Waals surface area contributed by atoms with Crippen molar-refractivity contribution in [2.24, 2.45) is 0 Å². The van der Waals surface area contributed by atoms with Crippen LogP contribution in [0.3, 0.4) is 0 Å². The summed E-state index contributed by atoms with van der Waals surface area (Å²) in [4.78, 5) is 20.9.